The first-order chi connectivity index (χ1) is 8.88. The molecular weight excluding hydrogens is 276 g/mol. The third-order valence-corrected chi connectivity index (χ3v) is 3.63. The molecule has 1 aliphatic rings. The molecule has 5 nitrogen and oxygen atoms in total. The highest BCUT2D eigenvalue weighted by Gasteiger charge is 2.24. The molecule has 1 saturated heterocycles. The lowest BCUT2D eigenvalue weighted by molar-refractivity contribution is 0.0914. The zero-order valence-corrected chi connectivity index (χ0v) is 13.5. The lowest BCUT2D eigenvalue weighted by atomic mass is 9.95. The van der Waals surface area contributed by atoms with Crippen molar-refractivity contribution >= 4 is 18.3 Å². The van der Waals surface area contributed by atoms with Crippen LogP contribution in [0.3, 0.4) is 0 Å². The number of rotatable bonds is 2. The van der Waals surface area contributed by atoms with Gasteiger partial charge in [-0.15, -0.1) is 12.4 Å². The van der Waals surface area contributed by atoms with Crippen LogP contribution < -0.4 is 10.6 Å². The number of carbonyl (C=O) groups excluding carboxylic acids is 1. The van der Waals surface area contributed by atoms with Gasteiger partial charge in [-0.25, -0.2) is 0 Å². The predicted octanol–water partition coefficient (Wildman–Crippen LogP) is 1.79. The quantitative estimate of drug-likeness (QED) is 0.875. The van der Waals surface area contributed by atoms with Crippen molar-refractivity contribution in [3.05, 3.63) is 18.0 Å². The molecule has 1 aromatic heterocycles. The molecule has 1 amide bonds. The molecular formula is C14H25ClN4O. The molecule has 2 unspecified atom stereocenters. The van der Waals surface area contributed by atoms with E-state index in [1.165, 1.54) is 0 Å². The van der Waals surface area contributed by atoms with E-state index in [0.717, 1.165) is 19.5 Å². The van der Waals surface area contributed by atoms with Crippen LogP contribution in [0.5, 0.6) is 0 Å². The molecule has 2 heterocycles. The maximum absolute atomic E-state index is 12.2. The van der Waals surface area contributed by atoms with Crippen LogP contribution in [0.1, 0.15) is 44.5 Å². The Morgan fingerprint density at radius 2 is 2.20 bits per heavy atom. The highest BCUT2D eigenvalue weighted by atomic mass is 35.5. The highest BCUT2D eigenvalue weighted by Crippen LogP contribution is 2.14. The average molecular weight is 301 g/mol. The molecule has 114 valence electrons. The number of piperidine rings is 1. The zero-order chi connectivity index (χ0) is 14.0. The van der Waals surface area contributed by atoms with E-state index in [4.69, 9.17) is 0 Å². The Morgan fingerprint density at radius 3 is 2.75 bits per heavy atom. The highest BCUT2D eigenvalue weighted by molar-refractivity contribution is 5.93. The van der Waals surface area contributed by atoms with Crippen molar-refractivity contribution in [1.29, 1.82) is 0 Å². The van der Waals surface area contributed by atoms with Gasteiger partial charge in [-0.1, -0.05) is 6.92 Å². The molecule has 1 fully saturated rings. The third kappa shape index (κ3) is 3.96. The van der Waals surface area contributed by atoms with Gasteiger partial charge in [-0.05, 0) is 46.2 Å². The largest absolute Gasteiger partial charge is 0.349 e. The van der Waals surface area contributed by atoms with Crippen molar-refractivity contribution < 1.29 is 4.79 Å². The number of nitrogens with zero attached hydrogens (tertiary/aromatic N) is 2. The Labute approximate surface area is 126 Å². The van der Waals surface area contributed by atoms with Crippen LogP contribution >= 0.6 is 12.4 Å². The molecule has 6 heteroatoms. The van der Waals surface area contributed by atoms with Gasteiger partial charge in [0.25, 0.3) is 5.91 Å². The Bertz CT molecular complexity index is 452. The number of amides is 1. The van der Waals surface area contributed by atoms with E-state index >= 15 is 0 Å². The lowest BCUT2D eigenvalue weighted by Gasteiger charge is -2.30. The number of hydrogen-bond donors (Lipinski definition) is 2. The predicted molar refractivity (Wildman–Crippen MR) is 82.4 cm³/mol. The minimum absolute atomic E-state index is 0. The summed E-state index contributed by atoms with van der Waals surface area (Å²) in [5.74, 6) is 0.449. The molecule has 0 spiro atoms. The van der Waals surface area contributed by atoms with Crippen molar-refractivity contribution in [3.63, 3.8) is 0 Å². The van der Waals surface area contributed by atoms with E-state index in [9.17, 15) is 4.79 Å². The second-order valence-electron chi connectivity index (χ2n) is 6.39. The van der Waals surface area contributed by atoms with Gasteiger partial charge in [0, 0.05) is 12.2 Å². The van der Waals surface area contributed by atoms with Crippen LogP contribution in [0, 0.1) is 5.92 Å². The topological polar surface area (TPSA) is 58.9 Å². The van der Waals surface area contributed by atoms with Gasteiger partial charge in [-0.2, -0.15) is 5.10 Å². The summed E-state index contributed by atoms with van der Waals surface area (Å²) in [5.41, 5.74) is 0.543. The normalized spacial score (nSPS) is 23.0. The van der Waals surface area contributed by atoms with Crippen LogP contribution in [0.15, 0.2) is 12.4 Å². The van der Waals surface area contributed by atoms with Gasteiger partial charge in [0.05, 0.1) is 17.3 Å². The number of aromatic nitrogens is 2. The van der Waals surface area contributed by atoms with E-state index in [1.54, 1.807) is 6.20 Å². The molecule has 2 rings (SSSR count). The summed E-state index contributed by atoms with van der Waals surface area (Å²) in [6, 6.07) is 0.256. The Kier molecular flexibility index (Phi) is 5.59. The number of halogens is 1. The summed E-state index contributed by atoms with van der Waals surface area (Å²) in [5, 5.41) is 10.7. The molecule has 1 aliphatic heterocycles. The van der Waals surface area contributed by atoms with E-state index < -0.39 is 0 Å². The minimum Gasteiger partial charge on any atom is -0.349 e. The summed E-state index contributed by atoms with van der Waals surface area (Å²) in [6.07, 6.45) is 4.45. The second kappa shape index (κ2) is 6.59. The molecule has 0 radical (unpaired) electrons. The molecule has 0 bridgehead atoms. The van der Waals surface area contributed by atoms with Crippen molar-refractivity contribution in [1.82, 2.24) is 20.4 Å². The summed E-state index contributed by atoms with van der Waals surface area (Å²) >= 11 is 0. The van der Waals surface area contributed by atoms with Crippen LogP contribution in [-0.2, 0) is 5.54 Å². The standard InChI is InChI=1S/C14H24N4O.ClH/c1-10-7-15-6-5-12(10)17-13(19)11-8-16-18(9-11)14(2,3)4;/h8-10,12,15H,5-7H2,1-4H3,(H,17,19);1H. The van der Waals surface area contributed by atoms with E-state index in [2.05, 4.69) is 43.4 Å². The first-order valence-corrected chi connectivity index (χ1v) is 6.94. The molecule has 1 aromatic rings. The van der Waals surface area contributed by atoms with Gasteiger partial charge < -0.3 is 10.6 Å². The molecule has 0 aromatic carbocycles. The second-order valence-corrected chi connectivity index (χ2v) is 6.39. The van der Waals surface area contributed by atoms with Gasteiger partial charge >= 0.3 is 0 Å². The number of nitrogens with one attached hydrogen (secondary N) is 2. The molecule has 20 heavy (non-hydrogen) atoms. The van der Waals surface area contributed by atoms with Gasteiger partial charge in [0.1, 0.15) is 0 Å². The monoisotopic (exact) mass is 300 g/mol. The van der Waals surface area contributed by atoms with Crippen molar-refractivity contribution in [2.45, 2.75) is 45.7 Å². The Balaban J connectivity index is 0.00000200. The van der Waals surface area contributed by atoms with Gasteiger partial charge in [0.15, 0.2) is 0 Å². The third-order valence-electron chi connectivity index (χ3n) is 3.63. The maximum Gasteiger partial charge on any atom is 0.254 e. The summed E-state index contributed by atoms with van der Waals surface area (Å²) in [4.78, 5) is 12.2. The fourth-order valence-corrected chi connectivity index (χ4v) is 2.29. The summed E-state index contributed by atoms with van der Waals surface area (Å²) in [6.45, 7) is 10.3. The van der Waals surface area contributed by atoms with Crippen molar-refractivity contribution in [2.75, 3.05) is 13.1 Å². The first kappa shape index (κ1) is 17.0. The summed E-state index contributed by atoms with van der Waals surface area (Å²) in [7, 11) is 0. The van der Waals surface area contributed by atoms with E-state index in [0.29, 0.717) is 11.5 Å². The summed E-state index contributed by atoms with van der Waals surface area (Å²) < 4.78 is 1.83. The van der Waals surface area contributed by atoms with Crippen molar-refractivity contribution in [2.24, 2.45) is 5.92 Å². The van der Waals surface area contributed by atoms with Gasteiger partial charge in [0.2, 0.25) is 0 Å². The zero-order valence-electron chi connectivity index (χ0n) is 12.6. The van der Waals surface area contributed by atoms with Crippen LogP contribution in [-0.4, -0.2) is 34.8 Å². The molecule has 2 N–H and O–H groups in total. The van der Waals surface area contributed by atoms with E-state index in [-0.39, 0.29) is 29.9 Å². The molecule has 0 aliphatic carbocycles. The SMILES string of the molecule is CC1CNCCC1NC(=O)c1cnn(C(C)(C)C)c1.Cl. The van der Waals surface area contributed by atoms with E-state index in [1.807, 2.05) is 10.9 Å². The van der Waals surface area contributed by atoms with Crippen LogP contribution in [0.25, 0.3) is 0 Å². The van der Waals surface area contributed by atoms with Gasteiger partial charge in [-0.3, -0.25) is 9.48 Å². The van der Waals surface area contributed by atoms with Crippen molar-refractivity contribution in [3.8, 4) is 0 Å². The van der Waals surface area contributed by atoms with Crippen LogP contribution in [0.2, 0.25) is 0 Å². The fourth-order valence-electron chi connectivity index (χ4n) is 2.29. The van der Waals surface area contributed by atoms with Crippen LogP contribution in [0.4, 0.5) is 0 Å². The average Bonchev–Trinajstić information content (AvgIpc) is 2.81. The smallest absolute Gasteiger partial charge is 0.254 e. The molecule has 2 atom stereocenters. The Hall–Kier alpha value is -1.07. The lowest BCUT2D eigenvalue weighted by Crippen LogP contribution is -2.48. The molecule has 0 saturated carbocycles. The number of carbonyl (C=O) groups is 1. The maximum atomic E-state index is 12.2. The Morgan fingerprint density at radius 1 is 1.50 bits per heavy atom. The fraction of sp³-hybridized carbons (Fsp3) is 0.714. The minimum atomic E-state index is -0.0966. The number of hydrogen-bond acceptors (Lipinski definition) is 3. The first-order valence-electron chi connectivity index (χ1n) is 6.94.